The predicted octanol–water partition coefficient (Wildman–Crippen LogP) is 8.25. The summed E-state index contributed by atoms with van der Waals surface area (Å²) in [5, 5.41) is -1.23. The van der Waals surface area contributed by atoms with Crippen molar-refractivity contribution in [1.82, 2.24) is 9.80 Å². The second-order valence-corrected chi connectivity index (χ2v) is 23.1. The Kier molecular flexibility index (Phi) is 16.1. The minimum absolute atomic E-state index is 0.000307. The molecule has 1 N–H and O–H groups in total. The molecule has 0 saturated heterocycles. The molecule has 73 heavy (non-hydrogen) atoms. The van der Waals surface area contributed by atoms with Gasteiger partial charge in [0.1, 0.15) is 24.2 Å². The summed E-state index contributed by atoms with van der Waals surface area (Å²) in [5.41, 5.74) is 10.2. The van der Waals surface area contributed by atoms with E-state index in [1.807, 2.05) is 60.4 Å². The van der Waals surface area contributed by atoms with Crippen LogP contribution in [0.2, 0.25) is 0 Å². The van der Waals surface area contributed by atoms with E-state index in [2.05, 4.69) is 49.1 Å². The average Bonchev–Trinajstić information content (AvgIpc) is 3.57. The van der Waals surface area contributed by atoms with Crippen LogP contribution in [0.4, 0.5) is 5.69 Å². The maximum atomic E-state index is 14.3. The Bertz CT molecular complexity index is 2940. The second-order valence-electron chi connectivity index (χ2n) is 20.3. The summed E-state index contributed by atoms with van der Waals surface area (Å²) in [5.74, 6) is 1.22. The molecule has 3 atom stereocenters. The highest BCUT2D eigenvalue weighted by atomic mass is 32.2. The second kappa shape index (κ2) is 22.5. The van der Waals surface area contributed by atoms with Crippen molar-refractivity contribution in [2.45, 2.75) is 101 Å². The molecule has 14 nitrogen and oxygen atoms in total. The van der Waals surface area contributed by atoms with Gasteiger partial charge in [-0.2, -0.15) is 21.0 Å². The SMILES string of the molecule is COCCOCCOCCN(CC(C)(C)S)c1cc(COc2cc3c(cc2C)C(=O)N2Cc4ccccc4C[C@H]2C(S(=O)(=O)O)C3)cc(COc2cc3c(cc2OC)C(=O)N2Cc4ccccc4C[C@H]2CC3)c1. The van der Waals surface area contributed by atoms with Crippen LogP contribution in [0.3, 0.4) is 0 Å². The molecule has 2 amide bonds. The molecule has 5 aromatic carbocycles. The van der Waals surface area contributed by atoms with Crippen molar-refractivity contribution in [3.8, 4) is 17.2 Å². The molecule has 9 rings (SSSR count). The number of rotatable bonds is 20. The molecular weight excluding hydrogens is 967 g/mol. The highest BCUT2D eigenvalue weighted by Crippen LogP contribution is 2.39. The fraction of sp³-hybridized carbons (Fsp3) is 0.439. The zero-order valence-electron chi connectivity index (χ0n) is 42.4. The van der Waals surface area contributed by atoms with Gasteiger partial charge in [0.05, 0.1) is 46.2 Å². The topological polar surface area (TPSA) is 154 Å². The third-order valence-electron chi connectivity index (χ3n) is 14.5. The van der Waals surface area contributed by atoms with Crippen LogP contribution in [0.1, 0.15) is 91.1 Å². The molecule has 0 spiro atoms. The molecule has 0 aliphatic carbocycles. The number of amides is 2. The van der Waals surface area contributed by atoms with E-state index in [4.69, 9.17) is 41.0 Å². The fourth-order valence-electron chi connectivity index (χ4n) is 10.8. The Morgan fingerprint density at radius 2 is 1.27 bits per heavy atom. The maximum Gasteiger partial charge on any atom is 0.270 e. The summed E-state index contributed by atoms with van der Waals surface area (Å²) in [6.07, 6.45) is 2.64. The van der Waals surface area contributed by atoms with Crippen molar-refractivity contribution >= 4 is 40.2 Å². The van der Waals surface area contributed by atoms with E-state index in [0.717, 1.165) is 52.8 Å². The van der Waals surface area contributed by atoms with E-state index in [1.165, 1.54) is 11.1 Å². The summed E-state index contributed by atoms with van der Waals surface area (Å²) in [6, 6.07) is 28.9. The van der Waals surface area contributed by atoms with Crippen molar-refractivity contribution in [1.29, 1.82) is 0 Å². The van der Waals surface area contributed by atoms with E-state index in [9.17, 15) is 22.6 Å². The zero-order chi connectivity index (χ0) is 51.4. The number of carbonyl (C=O) groups excluding carboxylic acids is 2. The molecule has 4 aliphatic rings. The van der Waals surface area contributed by atoms with Gasteiger partial charge in [-0.05, 0) is 145 Å². The van der Waals surface area contributed by atoms with Gasteiger partial charge in [-0.1, -0.05) is 48.5 Å². The molecule has 4 aliphatic heterocycles. The first-order chi connectivity index (χ1) is 35.1. The quantitative estimate of drug-likeness (QED) is 0.0439. The molecule has 5 aromatic rings. The molecule has 0 saturated carbocycles. The lowest BCUT2D eigenvalue weighted by atomic mass is 9.91. The third kappa shape index (κ3) is 12.2. The van der Waals surface area contributed by atoms with Crippen LogP contribution >= 0.6 is 12.6 Å². The van der Waals surface area contributed by atoms with Gasteiger partial charge in [0.15, 0.2) is 11.5 Å². The number of carbonyl (C=O) groups is 2. The molecule has 0 fully saturated rings. The molecule has 0 aromatic heterocycles. The van der Waals surface area contributed by atoms with Gasteiger partial charge in [0, 0.05) is 60.9 Å². The Hall–Kier alpha value is -5.62. The largest absolute Gasteiger partial charge is 0.493 e. The first-order valence-electron chi connectivity index (χ1n) is 25.1. The Balaban J connectivity index is 0.991. The number of thiol groups is 1. The van der Waals surface area contributed by atoms with Crippen LogP contribution < -0.4 is 19.1 Å². The average molecular weight is 1030 g/mol. The van der Waals surface area contributed by atoms with Crippen LogP contribution in [-0.2, 0) is 76.3 Å². The van der Waals surface area contributed by atoms with E-state index < -0.39 is 21.4 Å². The summed E-state index contributed by atoms with van der Waals surface area (Å²) in [4.78, 5) is 34.4. The summed E-state index contributed by atoms with van der Waals surface area (Å²) in [7, 11) is -1.34. The van der Waals surface area contributed by atoms with Crippen LogP contribution in [-0.4, -0.2) is 117 Å². The van der Waals surface area contributed by atoms with Crippen LogP contribution in [0.15, 0.2) is 91.0 Å². The highest BCUT2D eigenvalue weighted by Gasteiger charge is 2.45. The lowest BCUT2D eigenvalue weighted by molar-refractivity contribution is 0.0264. The van der Waals surface area contributed by atoms with Gasteiger partial charge in [-0.3, -0.25) is 14.1 Å². The molecule has 16 heteroatoms. The smallest absolute Gasteiger partial charge is 0.270 e. The minimum atomic E-state index is -4.57. The number of anilines is 1. The van der Waals surface area contributed by atoms with Gasteiger partial charge < -0.3 is 43.1 Å². The highest BCUT2D eigenvalue weighted by molar-refractivity contribution is 7.86. The summed E-state index contributed by atoms with van der Waals surface area (Å²) < 4.78 is 72.4. The number of hydrogen-bond acceptors (Lipinski definition) is 12. The predicted molar refractivity (Wildman–Crippen MR) is 283 cm³/mol. The van der Waals surface area contributed by atoms with E-state index >= 15 is 0 Å². The summed E-state index contributed by atoms with van der Waals surface area (Å²) in [6.45, 7) is 10.6. The Labute approximate surface area is 435 Å². The van der Waals surface area contributed by atoms with Crippen LogP contribution in [0.25, 0.3) is 0 Å². The third-order valence-corrected chi connectivity index (χ3v) is 15.9. The number of hydrogen-bond donors (Lipinski definition) is 2. The monoisotopic (exact) mass is 1030 g/mol. The van der Waals surface area contributed by atoms with Crippen molar-refractivity contribution < 1.29 is 51.0 Å². The first kappa shape index (κ1) is 52.3. The zero-order valence-corrected chi connectivity index (χ0v) is 44.1. The number of benzene rings is 5. The minimum Gasteiger partial charge on any atom is -0.493 e. The Morgan fingerprint density at radius 1 is 0.685 bits per heavy atom. The van der Waals surface area contributed by atoms with Gasteiger partial charge in [-0.25, -0.2) is 0 Å². The van der Waals surface area contributed by atoms with E-state index in [1.54, 1.807) is 31.3 Å². The number of fused-ring (bicyclic) bond motifs is 6. The first-order valence-corrected chi connectivity index (χ1v) is 27.1. The van der Waals surface area contributed by atoms with Crippen molar-refractivity contribution in [2.24, 2.45) is 0 Å². The van der Waals surface area contributed by atoms with Crippen molar-refractivity contribution in [3.63, 3.8) is 0 Å². The van der Waals surface area contributed by atoms with Gasteiger partial charge in [0.2, 0.25) is 0 Å². The number of aryl methyl sites for hydroxylation is 2. The number of nitrogens with zero attached hydrogens (tertiary/aromatic N) is 3. The van der Waals surface area contributed by atoms with Gasteiger partial charge in [-0.15, -0.1) is 0 Å². The lowest BCUT2D eigenvalue weighted by Crippen LogP contribution is -2.51. The summed E-state index contributed by atoms with van der Waals surface area (Å²) >= 11 is 4.95. The van der Waals surface area contributed by atoms with E-state index in [-0.39, 0.29) is 48.8 Å². The molecule has 388 valence electrons. The standard InChI is InChI=1S/C57H67N3O11S2/c1-37-22-48-45(30-54(73(63,64)65)50-27-41-11-7-9-13-44(41)33-60(50)56(48)62)29-51(37)70-34-38-23-39(25-47(24-38)58(36-57(2,3)72)16-17-68-20-21-69-19-18-66-4)35-71-53-28-42-14-15-46-26-40-10-6-8-12-43(40)32-59(46)55(61)49(42)31-52(53)67-5/h6-13,22-25,28-29,31,46,50,54,72H,14-21,26-27,30,32-36H2,1-5H3,(H,63,64,65)/t46-,50+,54?/m1/s1. The van der Waals surface area contributed by atoms with Gasteiger partial charge in [0.25, 0.3) is 21.9 Å². The van der Waals surface area contributed by atoms with Gasteiger partial charge >= 0.3 is 0 Å². The number of methoxy groups -OCH3 is 2. The van der Waals surface area contributed by atoms with E-state index in [0.29, 0.717) is 98.6 Å². The molecule has 1 unspecified atom stereocenters. The molecular formula is C57H67N3O11S2. The normalized spacial score (nSPS) is 18.3. The van der Waals surface area contributed by atoms with Crippen molar-refractivity contribution in [3.05, 3.63) is 152 Å². The van der Waals surface area contributed by atoms with Crippen LogP contribution in [0, 0.1) is 6.92 Å². The van der Waals surface area contributed by atoms with Crippen molar-refractivity contribution in [2.75, 3.05) is 65.2 Å². The molecule has 4 heterocycles. The number of ether oxygens (including phenoxy) is 6. The van der Waals surface area contributed by atoms with Crippen LogP contribution in [0.5, 0.6) is 17.2 Å². The molecule has 0 radical (unpaired) electrons. The fourth-order valence-corrected chi connectivity index (χ4v) is 12.0. The Morgan fingerprint density at radius 3 is 1.93 bits per heavy atom. The maximum absolute atomic E-state index is 14.3. The lowest BCUT2D eigenvalue weighted by Gasteiger charge is -2.38. The molecule has 0 bridgehead atoms.